The number of amides is 2. The Morgan fingerprint density at radius 1 is 0.750 bits per heavy atom. The highest BCUT2D eigenvalue weighted by molar-refractivity contribution is 7.90. The number of nitrogens with one attached hydrogen (secondary N) is 2. The first-order valence-electron chi connectivity index (χ1n) is 8.03. The molecule has 1 aromatic rings. The van der Waals surface area contributed by atoms with Gasteiger partial charge in [-0.2, -0.15) is 0 Å². The van der Waals surface area contributed by atoms with Crippen LogP contribution >= 0.6 is 0 Å². The summed E-state index contributed by atoms with van der Waals surface area (Å²) in [5.74, 6) is 0. The van der Waals surface area contributed by atoms with Gasteiger partial charge >= 0.3 is 12.2 Å². The van der Waals surface area contributed by atoms with Gasteiger partial charge in [0.2, 0.25) is 0 Å². The van der Waals surface area contributed by atoms with E-state index in [0.717, 1.165) is 24.3 Å². The molecule has 0 unspecified atom stereocenters. The summed E-state index contributed by atoms with van der Waals surface area (Å²) in [7, 11) is -8.81. The minimum Gasteiger partial charge on any atom is -0.443 e. The molecule has 2 N–H and O–H groups in total. The standard InChI is InChI=1S/C16H24N2O8S2/c1-15(2,3)25-13(19)17-27(21,22)11-8-7-9-12(10-11)28(23,24)18-14(20)26-16(4,5)6/h7-10H,1-6H3,(H,17,19)(H,18,20). The first-order valence-corrected chi connectivity index (χ1v) is 11.0. The van der Waals surface area contributed by atoms with Crippen LogP contribution in [0.2, 0.25) is 0 Å². The third kappa shape index (κ3) is 7.72. The quantitative estimate of drug-likeness (QED) is 0.730. The predicted molar refractivity (Wildman–Crippen MR) is 99.6 cm³/mol. The molecule has 1 rings (SSSR count). The molecule has 0 atom stereocenters. The molecule has 0 spiro atoms. The molecule has 0 aliphatic carbocycles. The Balaban J connectivity index is 3.08. The van der Waals surface area contributed by atoms with Gasteiger partial charge in [-0.3, -0.25) is 0 Å². The number of hydrogen-bond acceptors (Lipinski definition) is 8. The van der Waals surface area contributed by atoms with Crippen LogP contribution in [0, 0.1) is 0 Å². The van der Waals surface area contributed by atoms with Crippen LogP contribution < -0.4 is 9.44 Å². The summed E-state index contributed by atoms with van der Waals surface area (Å²) >= 11 is 0. The van der Waals surface area contributed by atoms with Crippen molar-refractivity contribution in [2.45, 2.75) is 62.5 Å². The molecule has 0 heterocycles. The zero-order chi connectivity index (χ0) is 22.0. The van der Waals surface area contributed by atoms with Crippen LogP contribution in [-0.2, 0) is 29.5 Å². The van der Waals surface area contributed by atoms with Crippen molar-refractivity contribution in [2.75, 3.05) is 0 Å². The van der Waals surface area contributed by atoms with Gasteiger partial charge in [0.05, 0.1) is 9.79 Å². The van der Waals surface area contributed by atoms with Gasteiger partial charge in [-0.25, -0.2) is 35.9 Å². The monoisotopic (exact) mass is 436 g/mol. The van der Waals surface area contributed by atoms with Gasteiger partial charge in [0.25, 0.3) is 20.0 Å². The molecular formula is C16H24N2O8S2. The second kappa shape index (κ2) is 7.95. The fourth-order valence-electron chi connectivity index (χ4n) is 1.74. The third-order valence-electron chi connectivity index (χ3n) is 2.66. The van der Waals surface area contributed by atoms with Crippen molar-refractivity contribution in [3.05, 3.63) is 24.3 Å². The summed E-state index contributed by atoms with van der Waals surface area (Å²) in [6, 6.07) is 4.10. The summed E-state index contributed by atoms with van der Waals surface area (Å²) in [5, 5.41) is 0. The zero-order valence-electron chi connectivity index (χ0n) is 16.4. The Labute approximate surface area is 164 Å². The van der Waals surface area contributed by atoms with Crippen LogP contribution in [-0.4, -0.2) is 40.2 Å². The molecule has 12 heteroatoms. The van der Waals surface area contributed by atoms with Crippen molar-refractivity contribution in [3.8, 4) is 0 Å². The fourth-order valence-corrected chi connectivity index (χ4v) is 3.66. The SMILES string of the molecule is CC(C)(C)OC(=O)NS(=O)(=O)c1cccc(S(=O)(=O)NC(=O)OC(C)(C)C)c1. The second-order valence-corrected chi connectivity index (χ2v) is 11.1. The summed E-state index contributed by atoms with van der Waals surface area (Å²) in [4.78, 5) is 22.4. The van der Waals surface area contributed by atoms with Crippen molar-refractivity contribution in [1.82, 2.24) is 9.44 Å². The van der Waals surface area contributed by atoms with Crippen LogP contribution in [0.15, 0.2) is 34.1 Å². The molecule has 158 valence electrons. The molecule has 0 bridgehead atoms. The zero-order valence-corrected chi connectivity index (χ0v) is 18.0. The lowest BCUT2D eigenvalue weighted by Crippen LogP contribution is -2.37. The van der Waals surface area contributed by atoms with Gasteiger partial charge in [-0.1, -0.05) is 6.07 Å². The van der Waals surface area contributed by atoms with E-state index in [-0.39, 0.29) is 0 Å². The van der Waals surface area contributed by atoms with Gasteiger partial charge < -0.3 is 9.47 Å². The molecule has 2 amide bonds. The number of hydrogen-bond donors (Lipinski definition) is 2. The second-order valence-electron chi connectivity index (χ2n) is 7.69. The van der Waals surface area contributed by atoms with E-state index in [1.807, 2.05) is 0 Å². The Hall–Kier alpha value is -2.34. The summed E-state index contributed by atoms with van der Waals surface area (Å²) < 4.78 is 62.3. The van der Waals surface area contributed by atoms with Gasteiger partial charge in [-0.15, -0.1) is 0 Å². The van der Waals surface area contributed by atoms with Crippen molar-refractivity contribution in [1.29, 1.82) is 0 Å². The normalized spacial score (nSPS) is 12.8. The summed E-state index contributed by atoms with van der Waals surface area (Å²) in [6.45, 7) is 9.30. The molecule has 0 radical (unpaired) electrons. The minimum absolute atomic E-state index is 0.509. The Kier molecular flexibility index (Phi) is 6.73. The molecule has 0 fully saturated rings. The molecule has 0 saturated carbocycles. The molecule has 28 heavy (non-hydrogen) atoms. The van der Waals surface area contributed by atoms with E-state index in [4.69, 9.17) is 9.47 Å². The molecule has 10 nitrogen and oxygen atoms in total. The highest BCUT2D eigenvalue weighted by Gasteiger charge is 2.26. The lowest BCUT2D eigenvalue weighted by molar-refractivity contribution is 0.0557. The number of ether oxygens (including phenoxy) is 2. The maximum absolute atomic E-state index is 12.3. The van der Waals surface area contributed by atoms with Crippen LogP contribution in [0.5, 0.6) is 0 Å². The topological polar surface area (TPSA) is 145 Å². The molecule has 0 aromatic heterocycles. The lowest BCUT2D eigenvalue weighted by Gasteiger charge is -2.20. The predicted octanol–water partition coefficient (Wildman–Crippen LogP) is 2.11. The lowest BCUT2D eigenvalue weighted by atomic mass is 10.2. The number of carbonyl (C=O) groups is 2. The number of benzene rings is 1. The van der Waals surface area contributed by atoms with Crippen LogP contribution in [0.1, 0.15) is 41.5 Å². The first-order chi connectivity index (χ1) is 12.4. The molecule has 0 saturated heterocycles. The molecule has 1 aromatic carbocycles. The van der Waals surface area contributed by atoms with Crippen LogP contribution in [0.25, 0.3) is 0 Å². The van der Waals surface area contributed by atoms with E-state index in [2.05, 4.69) is 0 Å². The van der Waals surface area contributed by atoms with Gasteiger partial charge in [0.1, 0.15) is 11.2 Å². The third-order valence-corrected chi connectivity index (χ3v) is 5.28. The molecular weight excluding hydrogens is 412 g/mol. The van der Waals surface area contributed by atoms with Gasteiger partial charge in [-0.05, 0) is 59.7 Å². The number of carbonyl (C=O) groups excluding carboxylic acids is 2. The number of rotatable bonds is 4. The minimum atomic E-state index is -4.40. The Morgan fingerprint density at radius 3 is 1.36 bits per heavy atom. The maximum atomic E-state index is 12.3. The van der Waals surface area contributed by atoms with E-state index >= 15 is 0 Å². The smallest absolute Gasteiger partial charge is 0.421 e. The largest absolute Gasteiger partial charge is 0.443 e. The average Bonchev–Trinajstić information content (AvgIpc) is 2.41. The van der Waals surface area contributed by atoms with Gasteiger partial charge in [0.15, 0.2) is 0 Å². The van der Waals surface area contributed by atoms with Gasteiger partial charge in [0, 0.05) is 0 Å². The Bertz CT molecular complexity index is 880. The van der Waals surface area contributed by atoms with E-state index in [0.29, 0.717) is 0 Å². The van der Waals surface area contributed by atoms with E-state index in [1.165, 1.54) is 0 Å². The van der Waals surface area contributed by atoms with Crippen molar-refractivity contribution in [3.63, 3.8) is 0 Å². The summed E-state index contributed by atoms with van der Waals surface area (Å²) in [6.07, 6.45) is -2.43. The molecule has 0 aliphatic rings. The van der Waals surface area contributed by atoms with E-state index in [1.54, 1.807) is 51.0 Å². The molecule has 0 aliphatic heterocycles. The maximum Gasteiger partial charge on any atom is 0.421 e. The average molecular weight is 437 g/mol. The fraction of sp³-hybridized carbons (Fsp3) is 0.500. The van der Waals surface area contributed by atoms with Crippen molar-refractivity contribution < 1.29 is 35.9 Å². The number of sulfonamides is 2. The van der Waals surface area contributed by atoms with Crippen molar-refractivity contribution >= 4 is 32.2 Å². The van der Waals surface area contributed by atoms with Crippen LogP contribution in [0.4, 0.5) is 9.59 Å². The van der Waals surface area contributed by atoms with Crippen LogP contribution in [0.3, 0.4) is 0 Å². The highest BCUT2D eigenvalue weighted by atomic mass is 32.2. The first kappa shape index (κ1) is 23.7. The summed E-state index contributed by atoms with van der Waals surface area (Å²) in [5.41, 5.74) is -1.86. The van der Waals surface area contributed by atoms with E-state index < -0.39 is 53.2 Å². The highest BCUT2D eigenvalue weighted by Crippen LogP contribution is 2.17. The van der Waals surface area contributed by atoms with E-state index in [9.17, 15) is 26.4 Å². The Morgan fingerprint density at radius 2 is 1.07 bits per heavy atom. The van der Waals surface area contributed by atoms with Crippen molar-refractivity contribution in [2.24, 2.45) is 0 Å².